The summed E-state index contributed by atoms with van der Waals surface area (Å²) in [6.45, 7) is 14.8. The lowest BCUT2D eigenvalue weighted by atomic mass is 9.98. The van der Waals surface area contributed by atoms with Gasteiger partial charge in [-0.05, 0) is 70.2 Å². The normalized spacial score (nSPS) is 14.7. The lowest BCUT2D eigenvalue weighted by Gasteiger charge is -2.28. The minimum atomic E-state index is -0.793. The van der Waals surface area contributed by atoms with E-state index in [4.69, 9.17) is 9.47 Å². The average molecular weight is 350 g/mol. The van der Waals surface area contributed by atoms with Crippen molar-refractivity contribution >= 4 is 11.6 Å². The molecule has 1 N–H and O–H groups in total. The third-order valence-electron chi connectivity index (χ3n) is 4.44. The van der Waals surface area contributed by atoms with E-state index in [2.05, 4.69) is 26.1 Å². The van der Waals surface area contributed by atoms with Crippen LogP contribution in [0.25, 0.3) is 0 Å². The fourth-order valence-electron chi connectivity index (χ4n) is 2.81. The van der Waals surface area contributed by atoms with Crippen molar-refractivity contribution in [3.05, 3.63) is 23.3 Å². The summed E-state index contributed by atoms with van der Waals surface area (Å²) in [6.07, 6.45) is 3.63. The minimum absolute atomic E-state index is 0.0859. The molecule has 0 aromatic heterocycles. The van der Waals surface area contributed by atoms with Gasteiger partial charge in [0.1, 0.15) is 11.4 Å². The Morgan fingerprint density at radius 3 is 2.24 bits per heavy atom. The van der Waals surface area contributed by atoms with E-state index in [-0.39, 0.29) is 12.0 Å². The van der Waals surface area contributed by atoms with Crippen LogP contribution in [0.3, 0.4) is 0 Å². The summed E-state index contributed by atoms with van der Waals surface area (Å²) in [5.41, 5.74) is 2.06. The molecule has 0 aliphatic heterocycles. The summed E-state index contributed by atoms with van der Waals surface area (Å²) in [4.78, 5) is 12.8. The van der Waals surface area contributed by atoms with Gasteiger partial charge in [-0.3, -0.25) is 4.79 Å². The van der Waals surface area contributed by atoms with Crippen LogP contribution >= 0.6 is 0 Å². The second-order valence-corrected chi connectivity index (χ2v) is 7.06. The molecule has 4 nitrogen and oxygen atoms in total. The second kappa shape index (κ2) is 9.81. The van der Waals surface area contributed by atoms with Gasteiger partial charge < -0.3 is 14.8 Å². The Hall–Kier alpha value is -1.55. The first kappa shape index (κ1) is 21.5. The number of carbonyl (C=O) groups is 1. The Bertz CT molecular complexity index is 547. The average Bonchev–Trinajstić information content (AvgIpc) is 2.56. The van der Waals surface area contributed by atoms with Crippen LogP contribution in [0.5, 0.6) is 5.75 Å². The second-order valence-electron chi connectivity index (χ2n) is 7.06. The summed E-state index contributed by atoms with van der Waals surface area (Å²) >= 11 is 0. The molecule has 1 aromatic carbocycles. The molecule has 0 aliphatic carbocycles. The van der Waals surface area contributed by atoms with E-state index in [9.17, 15) is 4.79 Å². The Morgan fingerprint density at radius 1 is 1.16 bits per heavy atom. The predicted molar refractivity (Wildman–Crippen MR) is 104 cm³/mol. The maximum absolute atomic E-state index is 12.8. The number of aryl methyl sites for hydroxylation is 2. The highest BCUT2D eigenvalue weighted by atomic mass is 16.5. The quantitative estimate of drug-likeness (QED) is 0.615. The molecule has 0 saturated carbocycles. The molecule has 0 saturated heterocycles. The Morgan fingerprint density at radius 2 is 1.76 bits per heavy atom. The molecule has 0 fully saturated rings. The van der Waals surface area contributed by atoms with Gasteiger partial charge in [-0.25, -0.2) is 0 Å². The van der Waals surface area contributed by atoms with Gasteiger partial charge in [0.25, 0.3) is 5.91 Å². The van der Waals surface area contributed by atoms with E-state index in [0.29, 0.717) is 13.0 Å². The van der Waals surface area contributed by atoms with Crippen LogP contribution in [0.15, 0.2) is 12.1 Å². The molecule has 4 heteroatoms. The van der Waals surface area contributed by atoms with Crippen LogP contribution in [-0.2, 0) is 9.53 Å². The number of hydrogen-bond donors (Lipinski definition) is 1. The minimum Gasteiger partial charge on any atom is -0.490 e. The first-order valence-corrected chi connectivity index (χ1v) is 9.50. The summed E-state index contributed by atoms with van der Waals surface area (Å²) in [5, 5.41) is 3.03. The molecule has 1 rings (SSSR count). The first-order valence-electron chi connectivity index (χ1n) is 9.50. The van der Waals surface area contributed by atoms with Gasteiger partial charge >= 0.3 is 0 Å². The number of carbonyl (C=O) groups excluding carboxylic acids is 1. The van der Waals surface area contributed by atoms with E-state index < -0.39 is 5.60 Å². The van der Waals surface area contributed by atoms with E-state index in [1.165, 1.54) is 0 Å². The van der Waals surface area contributed by atoms with E-state index in [1.807, 2.05) is 39.8 Å². The van der Waals surface area contributed by atoms with E-state index in [1.54, 1.807) is 0 Å². The van der Waals surface area contributed by atoms with Gasteiger partial charge in [-0.15, -0.1) is 0 Å². The fourth-order valence-corrected chi connectivity index (χ4v) is 2.81. The Kier molecular flexibility index (Phi) is 8.43. The highest BCUT2D eigenvalue weighted by Crippen LogP contribution is 2.29. The van der Waals surface area contributed by atoms with Gasteiger partial charge in [0, 0.05) is 12.3 Å². The lowest BCUT2D eigenvalue weighted by Crippen LogP contribution is -2.43. The lowest BCUT2D eigenvalue weighted by molar-refractivity contribution is -0.140. The van der Waals surface area contributed by atoms with Crippen LogP contribution in [-0.4, -0.2) is 24.2 Å². The Balaban J connectivity index is 2.96. The molecule has 2 atom stereocenters. The van der Waals surface area contributed by atoms with Gasteiger partial charge in [0.2, 0.25) is 0 Å². The van der Waals surface area contributed by atoms with Crippen molar-refractivity contribution < 1.29 is 14.3 Å². The zero-order chi connectivity index (χ0) is 19.0. The van der Waals surface area contributed by atoms with E-state index in [0.717, 1.165) is 41.8 Å². The maximum Gasteiger partial charge on any atom is 0.256 e. The molecule has 0 unspecified atom stereocenters. The number of anilines is 1. The molecule has 0 radical (unpaired) electrons. The SMILES string of the molecule is CCCO[C@@](C)(CCC)C(=O)Nc1cc(C)c(O[C@H](C)CC)c(C)c1. The zero-order valence-corrected chi connectivity index (χ0v) is 17.0. The molecule has 0 bridgehead atoms. The molecule has 0 aliphatic rings. The Labute approximate surface area is 153 Å². The van der Waals surface area contributed by atoms with Crippen LogP contribution in [0.4, 0.5) is 5.69 Å². The molecule has 25 heavy (non-hydrogen) atoms. The first-order chi connectivity index (χ1) is 11.8. The van der Waals surface area contributed by atoms with Crippen molar-refractivity contribution in [2.45, 2.75) is 85.9 Å². The van der Waals surface area contributed by atoms with Crippen LogP contribution in [0, 0.1) is 13.8 Å². The van der Waals surface area contributed by atoms with Crippen molar-refractivity contribution in [2.75, 3.05) is 11.9 Å². The number of nitrogens with one attached hydrogen (secondary N) is 1. The fraction of sp³-hybridized carbons (Fsp3) is 0.667. The molecular formula is C21H35NO3. The van der Waals surface area contributed by atoms with Crippen molar-refractivity contribution in [2.24, 2.45) is 0 Å². The van der Waals surface area contributed by atoms with Crippen molar-refractivity contribution in [1.29, 1.82) is 0 Å². The third-order valence-corrected chi connectivity index (χ3v) is 4.44. The number of ether oxygens (including phenoxy) is 2. The third kappa shape index (κ3) is 6.03. The summed E-state index contributed by atoms with van der Waals surface area (Å²) in [5.74, 6) is 0.822. The van der Waals surface area contributed by atoms with Crippen LogP contribution in [0.2, 0.25) is 0 Å². The van der Waals surface area contributed by atoms with E-state index >= 15 is 0 Å². The summed E-state index contributed by atoms with van der Waals surface area (Å²) in [7, 11) is 0. The largest absolute Gasteiger partial charge is 0.490 e. The van der Waals surface area contributed by atoms with Gasteiger partial charge in [0.15, 0.2) is 0 Å². The highest BCUT2D eigenvalue weighted by Gasteiger charge is 2.33. The zero-order valence-electron chi connectivity index (χ0n) is 17.0. The van der Waals surface area contributed by atoms with Crippen LogP contribution in [0.1, 0.15) is 71.4 Å². The van der Waals surface area contributed by atoms with Crippen molar-refractivity contribution in [1.82, 2.24) is 0 Å². The highest BCUT2D eigenvalue weighted by molar-refractivity contribution is 5.97. The van der Waals surface area contributed by atoms with Crippen molar-refractivity contribution in [3.8, 4) is 5.75 Å². The standard InChI is InChI=1S/C21H35NO3/c1-8-11-21(7,24-12-9-2)20(23)22-18-13-15(4)19(16(5)14-18)25-17(6)10-3/h13-14,17H,8-12H2,1-7H3,(H,22,23)/t17-,21+/m1/s1. The van der Waals surface area contributed by atoms with Crippen LogP contribution < -0.4 is 10.1 Å². The number of rotatable bonds is 10. The summed E-state index contributed by atoms with van der Waals surface area (Å²) in [6, 6.07) is 3.93. The molecule has 0 heterocycles. The van der Waals surface area contributed by atoms with Gasteiger partial charge in [-0.1, -0.05) is 27.2 Å². The van der Waals surface area contributed by atoms with Gasteiger partial charge in [0.05, 0.1) is 6.10 Å². The number of benzene rings is 1. The monoisotopic (exact) mass is 349 g/mol. The topological polar surface area (TPSA) is 47.6 Å². The van der Waals surface area contributed by atoms with Gasteiger partial charge in [-0.2, -0.15) is 0 Å². The molecular weight excluding hydrogens is 314 g/mol. The molecule has 1 aromatic rings. The number of hydrogen-bond acceptors (Lipinski definition) is 3. The molecule has 142 valence electrons. The predicted octanol–water partition coefficient (Wildman–Crippen LogP) is 5.40. The molecule has 1 amide bonds. The van der Waals surface area contributed by atoms with Crippen molar-refractivity contribution in [3.63, 3.8) is 0 Å². The maximum atomic E-state index is 12.8. The smallest absolute Gasteiger partial charge is 0.256 e. The number of amides is 1. The summed E-state index contributed by atoms with van der Waals surface area (Å²) < 4.78 is 11.9. The molecule has 0 spiro atoms.